The van der Waals surface area contributed by atoms with Crippen LogP contribution in [-0.2, 0) is 10.3 Å². The lowest BCUT2D eigenvalue weighted by Crippen LogP contribution is -2.41. The number of anilines is 2. The summed E-state index contributed by atoms with van der Waals surface area (Å²) < 4.78 is 19.7. The second kappa shape index (κ2) is 9.95. The Balaban J connectivity index is 1.33. The lowest BCUT2D eigenvalue weighted by atomic mass is 9.93. The molecule has 0 saturated carbocycles. The largest absolute Gasteiger partial charge is 0.378 e. The zero-order chi connectivity index (χ0) is 26.2. The Morgan fingerprint density at radius 3 is 2.54 bits per heavy atom. The predicted octanol–water partition coefficient (Wildman–Crippen LogP) is 4.54. The highest BCUT2D eigenvalue weighted by Gasteiger charge is 2.28. The molecule has 2 N–H and O–H groups in total. The van der Waals surface area contributed by atoms with Gasteiger partial charge in [-0.2, -0.15) is 5.10 Å². The van der Waals surface area contributed by atoms with Gasteiger partial charge < -0.3 is 15.0 Å². The minimum absolute atomic E-state index is 0.197. The van der Waals surface area contributed by atoms with Crippen LogP contribution in [0.15, 0.2) is 54.6 Å². The Labute approximate surface area is 218 Å². The minimum Gasteiger partial charge on any atom is -0.378 e. The molecular formula is C27H28FN5O3S. The number of halogens is 1. The lowest BCUT2D eigenvalue weighted by Gasteiger charge is -2.29. The van der Waals surface area contributed by atoms with Crippen LogP contribution in [0.2, 0.25) is 0 Å². The molecule has 3 heterocycles. The first-order valence-electron chi connectivity index (χ1n) is 12.0. The van der Waals surface area contributed by atoms with Crippen LogP contribution in [-0.4, -0.2) is 55.4 Å². The average Bonchev–Trinajstić information content (AvgIpc) is 3.50. The molecule has 1 aliphatic rings. The number of carbonyl (C=O) groups excluding carboxylic acids is 2. The maximum atomic E-state index is 14.3. The van der Waals surface area contributed by atoms with Gasteiger partial charge >= 0.3 is 0 Å². The summed E-state index contributed by atoms with van der Waals surface area (Å²) in [5.41, 5.74) is 1.08. The standard InChI is InChI=1S/C27H28FN5O3S/c1-27(2,20-6-4-5-7-21(20)28)29-24(34)22-16-19-23(30-31-25(19)37-22)32(3)26(35)17-8-10-18(11-9-17)33-12-14-36-15-13-33/h4-11,16H,12-15H2,1-3H3,(H,29,34)(H,30,31). The summed E-state index contributed by atoms with van der Waals surface area (Å²) in [5.74, 6) is -0.415. The molecule has 8 nitrogen and oxygen atoms in total. The number of H-pyrrole nitrogens is 1. The van der Waals surface area contributed by atoms with Gasteiger partial charge in [0.1, 0.15) is 16.5 Å². The number of amides is 2. The molecule has 1 aliphatic heterocycles. The van der Waals surface area contributed by atoms with Crippen molar-refractivity contribution in [2.45, 2.75) is 19.4 Å². The Hall–Kier alpha value is -3.76. The molecule has 0 spiro atoms. The number of ether oxygens (including phenoxy) is 1. The van der Waals surface area contributed by atoms with E-state index in [1.54, 1.807) is 45.2 Å². The summed E-state index contributed by atoms with van der Waals surface area (Å²) in [7, 11) is 1.67. The van der Waals surface area contributed by atoms with Crippen LogP contribution < -0.4 is 15.1 Å². The molecule has 0 aliphatic carbocycles. The SMILES string of the molecule is CN(C(=O)c1ccc(N2CCOCC2)cc1)c1[nH]nc2sc(C(=O)NC(C)(C)c3ccccc3F)cc12. The maximum absolute atomic E-state index is 14.3. The molecule has 5 rings (SSSR count). The summed E-state index contributed by atoms with van der Waals surface area (Å²) in [6.45, 7) is 6.55. The summed E-state index contributed by atoms with van der Waals surface area (Å²) >= 11 is 1.21. The van der Waals surface area contributed by atoms with Crippen LogP contribution in [0.4, 0.5) is 15.9 Å². The summed E-state index contributed by atoms with van der Waals surface area (Å²) in [4.78, 5) is 31.0. The number of hydrogen-bond acceptors (Lipinski definition) is 6. The number of rotatable bonds is 6. The van der Waals surface area contributed by atoms with Crippen molar-refractivity contribution in [3.63, 3.8) is 0 Å². The van der Waals surface area contributed by atoms with Gasteiger partial charge in [0.25, 0.3) is 11.8 Å². The molecule has 192 valence electrons. The topological polar surface area (TPSA) is 90.6 Å². The van der Waals surface area contributed by atoms with Crippen LogP contribution >= 0.6 is 11.3 Å². The second-order valence-electron chi connectivity index (χ2n) is 9.47. The van der Waals surface area contributed by atoms with Crippen molar-refractivity contribution >= 4 is 44.9 Å². The van der Waals surface area contributed by atoms with E-state index in [2.05, 4.69) is 20.4 Å². The Kier molecular flexibility index (Phi) is 6.70. The van der Waals surface area contributed by atoms with E-state index in [4.69, 9.17) is 4.74 Å². The number of thiophene rings is 1. The van der Waals surface area contributed by atoms with Gasteiger partial charge in [-0.15, -0.1) is 11.3 Å². The molecule has 0 atom stereocenters. The third-order valence-corrected chi connectivity index (χ3v) is 7.59. The Morgan fingerprint density at radius 1 is 1.14 bits per heavy atom. The van der Waals surface area contributed by atoms with E-state index in [0.29, 0.717) is 45.3 Å². The van der Waals surface area contributed by atoms with Crippen LogP contribution in [0.3, 0.4) is 0 Å². The van der Waals surface area contributed by atoms with Gasteiger partial charge in [0, 0.05) is 37.0 Å². The molecule has 2 aromatic carbocycles. The number of nitrogens with zero attached hydrogens (tertiary/aromatic N) is 3. The number of nitrogens with one attached hydrogen (secondary N) is 2. The molecule has 2 amide bonds. The quantitative estimate of drug-likeness (QED) is 0.389. The zero-order valence-electron chi connectivity index (χ0n) is 20.9. The average molecular weight is 522 g/mol. The first kappa shape index (κ1) is 24.9. The fourth-order valence-electron chi connectivity index (χ4n) is 4.48. The number of fused-ring (bicyclic) bond motifs is 1. The summed E-state index contributed by atoms with van der Waals surface area (Å²) in [6.07, 6.45) is 0. The van der Waals surface area contributed by atoms with E-state index >= 15 is 0 Å². The third kappa shape index (κ3) is 4.94. The molecule has 10 heteroatoms. The number of morpholine rings is 1. The van der Waals surface area contributed by atoms with Crippen LogP contribution in [0, 0.1) is 5.82 Å². The van der Waals surface area contributed by atoms with Crippen LogP contribution in [0.1, 0.15) is 39.4 Å². The van der Waals surface area contributed by atoms with Crippen molar-refractivity contribution in [3.8, 4) is 0 Å². The lowest BCUT2D eigenvalue weighted by molar-refractivity contribution is 0.0914. The maximum Gasteiger partial charge on any atom is 0.262 e. The second-order valence-corrected chi connectivity index (χ2v) is 10.5. The number of hydrogen-bond donors (Lipinski definition) is 2. The van der Waals surface area contributed by atoms with Crippen molar-refractivity contribution < 1.29 is 18.7 Å². The minimum atomic E-state index is -0.918. The molecule has 0 bridgehead atoms. The van der Waals surface area contributed by atoms with E-state index < -0.39 is 5.54 Å². The number of aromatic amines is 1. The smallest absolute Gasteiger partial charge is 0.262 e. The highest BCUT2D eigenvalue weighted by molar-refractivity contribution is 7.20. The van der Waals surface area contributed by atoms with Crippen LogP contribution in [0.5, 0.6) is 0 Å². The number of carbonyl (C=O) groups is 2. The molecule has 0 radical (unpaired) electrons. The summed E-state index contributed by atoms with van der Waals surface area (Å²) in [5, 5.41) is 10.8. The zero-order valence-corrected chi connectivity index (χ0v) is 21.7. The number of aromatic nitrogens is 2. The van der Waals surface area contributed by atoms with Crippen LogP contribution in [0.25, 0.3) is 10.2 Å². The van der Waals surface area contributed by atoms with E-state index in [1.165, 1.54) is 22.3 Å². The van der Waals surface area contributed by atoms with Gasteiger partial charge in [-0.25, -0.2) is 4.39 Å². The summed E-state index contributed by atoms with van der Waals surface area (Å²) in [6, 6.07) is 15.6. The van der Waals surface area contributed by atoms with Gasteiger partial charge in [0.15, 0.2) is 0 Å². The highest BCUT2D eigenvalue weighted by atomic mass is 32.1. The van der Waals surface area contributed by atoms with Gasteiger partial charge in [-0.1, -0.05) is 18.2 Å². The van der Waals surface area contributed by atoms with E-state index in [9.17, 15) is 14.0 Å². The molecule has 37 heavy (non-hydrogen) atoms. The van der Waals surface area contributed by atoms with E-state index in [-0.39, 0.29) is 17.6 Å². The fraction of sp³-hybridized carbons (Fsp3) is 0.296. The van der Waals surface area contributed by atoms with Gasteiger partial charge in [-0.3, -0.25) is 19.6 Å². The van der Waals surface area contributed by atoms with Crippen molar-refractivity contribution in [2.75, 3.05) is 43.2 Å². The van der Waals surface area contributed by atoms with Crippen molar-refractivity contribution in [2.24, 2.45) is 0 Å². The predicted molar refractivity (Wildman–Crippen MR) is 143 cm³/mol. The first-order valence-corrected chi connectivity index (χ1v) is 12.8. The van der Waals surface area contributed by atoms with Crippen molar-refractivity contribution in [3.05, 3.63) is 76.4 Å². The molecule has 2 aromatic heterocycles. The third-order valence-electron chi connectivity index (χ3n) is 6.56. The van der Waals surface area contributed by atoms with Gasteiger partial charge in [0.2, 0.25) is 0 Å². The monoisotopic (exact) mass is 521 g/mol. The first-order chi connectivity index (χ1) is 17.7. The van der Waals surface area contributed by atoms with E-state index in [0.717, 1.165) is 18.8 Å². The Morgan fingerprint density at radius 2 is 1.84 bits per heavy atom. The van der Waals surface area contributed by atoms with Gasteiger partial charge in [0.05, 0.1) is 29.0 Å². The molecule has 4 aromatic rings. The Bertz CT molecular complexity index is 1440. The van der Waals surface area contributed by atoms with E-state index in [1.807, 2.05) is 24.3 Å². The molecule has 0 unspecified atom stereocenters. The highest BCUT2D eigenvalue weighted by Crippen LogP contribution is 2.32. The van der Waals surface area contributed by atoms with Crippen molar-refractivity contribution in [1.29, 1.82) is 0 Å². The van der Waals surface area contributed by atoms with Gasteiger partial charge in [-0.05, 0) is 50.2 Å². The molecular weight excluding hydrogens is 493 g/mol. The molecule has 1 saturated heterocycles. The molecule has 1 fully saturated rings. The normalized spacial score (nSPS) is 14.1. The fourth-order valence-corrected chi connectivity index (χ4v) is 5.36. The van der Waals surface area contributed by atoms with Crippen molar-refractivity contribution in [1.82, 2.24) is 15.5 Å². The number of benzene rings is 2.